The van der Waals surface area contributed by atoms with Gasteiger partial charge in [0.15, 0.2) is 0 Å². The van der Waals surface area contributed by atoms with Crippen molar-refractivity contribution < 1.29 is 4.79 Å². The van der Waals surface area contributed by atoms with Crippen molar-refractivity contribution in [2.75, 3.05) is 45.2 Å². The lowest BCUT2D eigenvalue weighted by atomic mass is 9.95. The highest BCUT2D eigenvalue weighted by Crippen LogP contribution is 2.28. The van der Waals surface area contributed by atoms with Crippen LogP contribution in [-0.4, -0.2) is 56.1 Å². The first kappa shape index (κ1) is 18.2. The van der Waals surface area contributed by atoms with Gasteiger partial charge in [-0.15, -0.1) is 0 Å². The van der Waals surface area contributed by atoms with Gasteiger partial charge in [0.1, 0.15) is 6.07 Å². The van der Waals surface area contributed by atoms with Gasteiger partial charge in [-0.3, -0.25) is 9.78 Å². The second-order valence-electron chi connectivity index (χ2n) is 6.71. The Kier molecular flexibility index (Phi) is 6.16. The molecular weight excluding hydrogens is 302 g/mol. The molecule has 0 saturated carbocycles. The van der Waals surface area contributed by atoms with E-state index in [1.165, 1.54) is 0 Å². The van der Waals surface area contributed by atoms with E-state index in [2.05, 4.69) is 26.2 Å². The summed E-state index contributed by atoms with van der Waals surface area (Å²) in [5, 5.41) is 12.4. The Labute approximate surface area is 144 Å². The Balaban J connectivity index is 1.96. The number of aryl methyl sites for hydroxylation is 2. The van der Waals surface area contributed by atoms with Crippen molar-refractivity contribution in [3.63, 3.8) is 0 Å². The zero-order valence-corrected chi connectivity index (χ0v) is 15.1. The molecule has 1 aromatic heterocycles. The van der Waals surface area contributed by atoms with Crippen molar-refractivity contribution in [1.29, 1.82) is 5.26 Å². The van der Waals surface area contributed by atoms with Crippen LogP contribution in [0.5, 0.6) is 0 Å². The quantitative estimate of drug-likeness (QED) is 0.885. The molecule has 0 aliphatic carbocycles. The highest BCUT2D eigenvalue weighted by molar-refractivity contribution is 5.79. The third-order valence-corrected chi connectivity index (χ3v) is 4.48. The van der Waals surface area contributed by atoms with Crippen LogP contribution in [0.25, 0.3) is 0 Å². The fourth-order valence-corrected chi connectivity index (χ4v) is 3.13. The van der Waals surface area contributed by atoms with E-state index in [1.807, 2.05) is 34.0 Å². The minimum atomic E-state index is 0.0676. The summed E-state index contributed by atoms with van der Waals surface area (Å²) in [6, 6.07) is 4.25. The van der Waals surface area contributed by atoms with E-state index in [4.69, 9.17) is 0 Å². The number of carbonyl (C=O) groups is 1. The van der Waals surface area contributed by atoms with Crippen LogP contribution in [0.4, 0.5) is 5.69 Å². The van der Waals surface area contributed by atoms with Crippen molar-refractivity contribution >= 4 is 11.6 Å². The first-order chi connectivity index (χ1) is 11.4. The van der Waals surface area contributed by atoms with Crippen LogP contribution in [0, 0.1) is 31.1 Å². The second kappa shape index (κ2) is 8.11. The minimum absolute atomic E-state index is 0.0676. The molecule has 2 heterocycles. The number of aromatic nitrogens is 1. The van der Waals surface area contributed by atoms with E-state index >= 15 is 0 Å². The molecule has 0 bridgehead atoms. The third kappa shape index (κ3) is 4.45. The van der Waals surface area contributed by atoms with Gasteiger partial charge in [-0.25, -0.2) is 0 Å². The highest BCUT2D eigenvalue weighted by atomic mass is 16.1. The zero-order valence-electron chi connectivity index (χ0n) is 15.1. The van der Waals surface area contributed by atoms with Crippen molar-refractivity contribution in [1.82, 2.24) is 15.2 Å². The standard InChI is InChI=1S/C18H27N5O/c1-13-11-17(16(12-19)14(2)21-13)23-8-5-15(6-9-23)18(24)20-7-10-22(3)4/h11,15H,5-10H2,1-4H3,(H,20,24). The Bertz CT molecular complexity index is 627. The lowest BCUT2D eigenvalue weighted by Crippen LogP contribution is -2.42. The summed E-state index contributed by atoms with van der Waals surface area (Å²) >= 11 is 0. The number of hydrogen-bond acceptors (Lipinski definition) is 5. The topological polar surface area (TPSA) is 72.3 Å². The number of piperidine rings is 1. The lowest BCUT2D eigenvalue weighted by molar-refractivity contribution is -0.125. The van der Waals surface area contributed by atoms with E-state index < -0.39 is 0 Å². The van der Waals surface area contributed by atoms with Gasteiger partial charge >= 0.3 is 0 Å². The predicted molar refractivity (Wildman–Crippen MR) is 94.9 cm³/mol. The normalized spacial score (nSPS) is 15.4. The number of nitriles is 1. The Morgan fingerprint density at radius 2 is 2.08 bits per heavy atom. The molecule has 1 fully saturated rings. The molecule has 1 aromatic rings. The minimum Gasteiger partial charge on any atom is -0.370 e. The molecule has 6 heteroatoms. The van der Waals surface area contributed by atoms with Crippen LogP contribution in [0.15, 0.2) is 6.07 Å². The number of nitrogens with zero attached hydrogens (tertiary/aromatic N) is 4. The van der Waals surface area contributed by atoms with Gasteiger partial charge in [0.2, 0.25) is 5.91 Å². The average Bonchev–Trinajstić information content (AvgIpc) is 2.54. The van der Waals surface area contributed by atoms with E-state index in [1.54, 1.807) is 0 Å². The molecule has 2 rings (SSSR count). The average molecular weight is 329 g/mol. The maximum absolute atomic E-state index is 12.2. The molecule has 1 amide bonds. The summed E-state index contributed by atoms with van der Waals surface area (Å²) in [6.45, 7) is 6.95. The molecule has 6 nitrogen and oxygen atoms in total. The van der Waals surface area contributed by atoms with E-state index in [-0.39, 0.29) is 11.8 Å². The molecule has 1 aliphatic rings. The summed E-state index contributed by atoms with van der Waals surface area (Å²) in [4.78, 5) is 20.9. The van der Waals surface area contributed by atoms with Crippen molar-refractivity contribution in [3.05, 3.63) is 23.0 Å². The smallest absolute Gasteiger partial charge is 0.223 e. The van der Waals surface area contributed by atoms with E-state index in [9.17, 15) is 10.1 Å². The molecule has 24 heavy (non-hydrogen) atoms. The van der Waals surface area contributed by atoms with Crippen LogP contribution in [-0.2, 0) is 4.79 Å². The molecule has 0 radical (unpaired) electrons. The molecule has 0 spiro atoms. The van der Waals surface area contributed by atoms with Crippen LogP contribution in [0.2, 0.25) is 0 Å². The third-order valence-electron chi connectivity index (χ3n) is 4.48. The molecule has 0 atom stereocenters. The van der Waals surface area contributed by atoms with Gasteiger partial charge in [-0.1, -0.05) is 0 Å². The number of anilines is 1. The molecule has 130 valence electrons. The van der Waals surface area contributed by atoms with Gasteiger partial charge < -0.3 is 15.1 Å². The van der Waals surface area contributed by atoms with Crippen LogP contribution in [0.1, 0.15) is 29.8 Å². The monoisotopic (exact) mass is 329 g/mol. The largest absolute Gasteiger partial charge is 0.370 e. The first-order valence-corrected chi connectivity index (χ1v) is 8.48. The van der Waals surface area contributed by atoms with Gasteiger partial charge in [0.25, 0.3) is 0 Å². The summed E-state index contributed by atoms with van der Waals surface area (Å²) in [5.74, 6) is 0.220. The fourth-order valence-electron chi connectivity index (χ4n) is 3.13. The summed E-state index contributed by atoms with van der Waals surface area (Å²) in [5.41, 5.74) is 3.30. The number of hydrogen-bond donors (Lipinski definition) is 1. The zero-order chi connectivity index (χ0) is 17.7. The fraction of sp³-hybridized carbons (Fsp3) is 0.611. The van der Waals surface area contributed by atoms with E-state index in [0.717, 1.165) is 49.6 Å². The number of likely N-dealkylation sites (N-methyl/N-ethyl adjacent to an activating group) is 1. The van der Waals surface area contributed by atoms with Crippen molar-refractivity contribution in [2.24, 2.45) is 5.92 Å². The van der Waals surface area contributed by atoms with Gasteiger partial charge in [-0.05, 0) is 46.9 Å². The van der Waals surface area contributed by atoms with Crippen molar-refractivity contribution in [3.8, 4) is 6.07 Å². The van der Waals surface area contributed by atoms with Crippen molar-refractivity contribution in [2.45, 2.75) is 26.7 Å². The summed E-state index contributed by atoms with van der Waals surface area (Å²) in [7, 11) is 3.99. The SMILES string of the molecule is Cc1cc(N2CCC(C(=O)NCCN(C)C)CC2)c(C#N)c(C)n1. The molecule has 1 aliphatic heterocycles. The lowest BCUT2D eigenvalue weighted by Gasteiger charge is -2.33. The van der Waals surface area contributed by atoms with Crippen LogP contribution >= 0.6 is 0 Å². The Hall–Kier alpha value is -2.13. The first-order valence-electron chi connectivity index (χ1n) is 8.48. The maximum Gasteiger partial charge on any atom is 0.223 e. The Morgan fingerprint density at radius 3 is 2.67 bits per heavy atom. The summed E-state index contributed by atoms with van der Waals surface area (Å²) in [6.07, 6.45) is 1.64. The Morgan fingerprint density at radius 1 is 1.42 bits per heavy atom. The molecule has 1 saturated heterocycles. The molecular formula is C18H27N5O. The van der Waals surface area contributed by atoms with E-state index in [0.29, 0.717) is 12.1 Å². The number of nitrogens with one attached hydrogen (secondary N) is 1. The molecule has 0 aromatic carbocycles. The van der Waals surface area contributed by atoms with Crippen LogP contribution < -0.4 is 10.2 Å². The number of rotatable bonds is 5. The number of carbonyl (C=O) groups excluding carboxylic acids is 1. The number of amides is 1. The number of pyridine rings is 1. The molecule has 0 unspecified atom stereocenters. The summed E-state index contributed by atoms with van der Waals surface area (Å²) < 4.78 is 0. The maximum atomic E-state index is 12.2. The van der Waals surface area contributed by atoms with Crippen LogP contribution in [0.3, 0.4) is 0 Å². The van der Waals surface area contributed by atoms with Gasteiger partial charge in [0.05, 0.1) is 16.9 Å². The molecule has 1 N–H and O–H groups in total. The second-order valence-corrected chi connectivity index (χ2v) is 6.71. The van der Waals surface area contributed by atoms with Gasteiger partial charge in [-0.2, -0.15) is 5.26 Å². The predicted octanol–water partition coefficient (Wildman–Crippen LogP) is 1.46. The highest BCUT2D eigenvalue weighted by Gasteiger charge is 2.26. The van der Waals surface area contributed by atoms with Gasteiger partial charge in [0, 0.05) is 37.8 Å².